The van der Waals surface area contributed by atoms with E-state index in [1.807, 2.05) is 0 Å². The molecule has 1 aromatic carbocycles. The Morgan fingerprint density at radius 1 is 1.22 bits per heavy atom. The molecular weight excluding hydrogens is 266 g/mol. The van der Waals surface area contributed by atoms with Gasteiger partial charge in [0, 0.05) is 5.56 Å². The van der Waals surface area contributed by atoms with Gasteiger partial charge in [0.05, 0.1) is 0 Å². The fourth-order valence-corrected chi connectivity index (χ4v) is 1.38. The van der Waals surface area contributed by atoms with E-state index in [2.05, 4.69) is 14.9 Å². The van der Waals surface area contributed by atoms with Gasteiger partial charge in [-0.25, -0.2) is 0 Å². The van der Waals surface area contributed by atoms with E-state index < -0.39 is 6.61 Å². The maximum Gasteiger partial charge on any atom is 0.387 e. The molecule has 0 bridgehead atoms. The Morgan fingerprint density at radius 2 is 1.89 bits per heavy atom. The molecule has 0 saturated heterocycles. The predicted molar refractivity (Wildman–Crippen MR) is 60.6 cm³/mol. The van der Waals surface area contributed by atoms with Gasteiger partial charge < -0.3 is 9.15 Å². The molecule has 0 aliphatic heterocycles. The van der Waals surface area contributed by atoms with Crippen LogP contribution < -0.4 is 4.74 Å². The van der Waals surface area contributed by atoms with Crippen molar-refractivity contribution in [3.05, 3.63) is 30.2 Å². The highest BCUT2D eigenvalue weighted by atomic mass is 35.5. The molecule has 96 valence electrons. The topological polar surface area (TPSA) is 48.2 Å². The Balaban J connectivity index is 2.17. The Labute approximate surface area is 107 Å². The number of benzene rings is 1. The summed E-state index contributed by atoms with van der Waals surface area (Å²) in [7, 11) is 0. The van der Waals surface area contributed by atoms with Crippen molar-refractivity contribution >= 4 is 11.6 Å². The molecule has 1 aromatic heterocycles. The number of ether oxygens (including phenoxy) is 1. The van der Waals surface area contributed by atoms with Crippen LogP contribution in [0.1, 0.15) is 18.2 Å². The molecule has 0 aliphatic carbocycles. The molecule has 4 nitrogen and oxygen atoms in total. The molecule has 2 rings (SSSR count). The van der Waals surface area contributed by atoms with Crippen LogP contribution in [0.4, 0.5) is 8.78 Å². The summed E-state index contributed by atoms with van der Waals surface area (Å²) in [6, 6.07) is 5.90. The monoisotopic (exact) mass is 274 g/mol. The Hall–Kier alpha value is -1.69. The van der Waals surface area contributed by atoms with Crippen molar-refractivity contribution in [1.29, 1.82) is 0 Å². The third kappa shape index (κ3) is 2.95. The zero-order valence-electron chi connectivity index (χ0n) is 9.31. The van der Waals surface area contributed by atoms with Gasteiger partial charge in [-0.3, -0.25) is 0 Å². The van der Waals surface area contributed by atoms with Gasteiger partial charge >= 0.3 is 6.61 Å². The number of nitrogens with zero attached hydrogens (tertiary/aromatic N) is 2. The van der Waals surface area contributed by atoms with Crippen LogP contribution in [0, 0.1) is 0 Å². The molecular formula is C11H9ClF2N2O2. The summed E-state index contributed by atoms with van der Waals surface area (Å²) in [5, 5.41) is 7.19. The fourth-order valence-electron chi connectivity index (χ4n) is 1.29. The lowest BCUT2D eigenvalue weighted by molar-refractivity contribution is -0.0498. The van der Waals surface area contributed by atoms with E-state index >= 15 is 0 Å². The molecule has 0 aliphatic rings. The molecule has 0 N–H and O–H groups in total. The van der Waals surface area contributed by atoms with Gasteiger partial charge in [-0.2, -0.15) is 8.78 Å². The molecule has 1 heterocycles. The average Bonchev–Trinajstić information content (AvgIpc) is 2.78. The van der Waals surface area contributed by atoms with Crippen LogP contribution >= 0.6 is 11.6 Å². The summed E-state index contributed by atoms with van der Waals surface area (Å²) in [4.78, 5) is 0. The average molecular weight is 275 g/mol. The molecule has 0 saturated carbocycles. The highest BCUT2D eigenvalue weighted by molar-refractivity contribution is 6.20. The minimum absolute atomic E-state index is 0.0687. The quantitative estimate of drug-likeness (QED) is 0.799. The van der Waals surface area contributed by atoms with Crippen LogP contribution in [0.5, 0.6) is 5.75 Å². The van der Waals surface area contributed by atoms with Crippen molar-refractivity contribution in [3.63, 3.8) is 0 Å². The first-order chi connectivity index (χ1) is 8.56. The van der Waals surface area contributed by atoms with E-state index in [-0.39, 0.29) is 17.0 Å². The van der Waals surface area contributed by atoms with E-state index in [1.54, 1.807) is 19.1 Å². The summed E-state index contributed by atoms with van der Waals surface area (Å²) in [6.45, 7) is -1.14. The largest absolute Gasteiger partial charge is 0.435 e. The van der Waals surface area contributed by atoms with Crippen molar-refractivity contribution in [2.45, 2.75) is 18.9 Å². The lowest BCUT2D eigenvalue weighted by Gasteiger charge is -2.03. The summed E-state index contributed by atoms with van der Waals surface area (Å²) < 4.78 is 33.5. The number of aromatic nitrogens is 2. The summed E-state index contributed by atoms with van der Waals surface area (Å²) >= 11 is 5.79. The molecule has 0 spiro atoms. The molecule has 18 heavy (non-hydrogen) atoms. The smallest absolute Gasteiger partial charge is 0.387 e. The zero-order valence-corrected chi connectivity index (χ0v) is 10.1. The lowest BCUT2D eigenvalue weighted by atomic mass is 10.2. The third-order valence-electron chi connectivity index (χ3n) is 2.11. The Bertz CT molecular complexity index is 514. The van der Waals surface area contributed by atoms with Crippen LogP contribution in [0.3, 0.4) is 0 Å². The van der Waals surface area contributed by atoms with Gasteiger partial charge in [0.15, 0.2) is 0 Å². The van der Waals surface area contributed by atoms with Gasteiger partial charge in [0.25, 0.3) is 0 Å². The normalized spacial score (nSPS) is 12.7. The van der Waals surface area contributed by atoms with Crippen LogP contribution in [0.2, 0.25) is 0 Å². The molecule has 0 amide bonds. The van der Waals surface area contributed by atoms with E-state index in [4.69, 9.17) is 16.0 Å². The van der Waals surface area contributed by atoms with Crippen molar-refractivity contribution in [2.75, 3.05) is 0 Å². The minimum Gasteiger partial charge on any atom is -0.435 e. The van der Waals surface area contributed by atoms with E-state index in [0.717, 1.165) is 0 Å². The number of rotatable bonds is 4. The number of alkyl halides is 3. The van der Waals surface area contributed by atoms with E-state index in [0.29, 0.717) is 11.5 Å². The maximum absolute atomic E-state index is 12.0. The Morgan fingerprint density at radius 3 is 2.39 bits per heavy atom. The SMILES string of the molecule is CC(Cl)c1nnc(-c2ccc(OC(F)F)cc2)o1. The van der Waals surface area contributed by atoms with Gasteiger partial charge in [-0.15, -0.1) is 21.8 Å². The van der Waals surface area contributed by atoms with Crippen LogP contribution in [0.15, 0.2) is 28.7 Å². The summed E-state index contributed by atoms with van der Waals surface area (Å²) in [5.74, 6) is 0.653. The molecule has 1 unspecified atom stereocenters. The summed E-state index contributed by atoms with van der Waals surface area (Å²) in [5.41, 5.74) is 0.604. The van der Waals surface area contributed by atoms with Gasteiger partial charge in [0.2, 0.25) is 11.8 Å². The first kappa shape index (κ1) is 12.8. The highest BCUT2D eigenvalue weighted by Crippen LogP contribution is 2.25. The number of hydrogen-bond donors (Lipinski definition) is 0. The van der Waals surface area contributed by atoms with E-state index in [1.165, 1.54) is 12.1 Å². The minimum atomic E-state index is -2.84. The van der Waals surface area contributed by atoms with Gasteiger partial charge in [0.1, 0.15) is 11.1 Å². The third-order valence-corrected chi connectivity index (χ3v) is 2.29. The van der Waals surface area contributed by atoms with Crippen LogP contribution in [-0.2, 0) is 0 Å². The first-order valence-corrected chi connectivity index (χ1v) is 5.52. The first-order valence-electron chi connectivity index (χ1n) is 5.09. The second-order valence-corrected chi connectivity index (χ2v) is 4.12. The second-order valence-electron chi connectivity index (χ2n) is 3.46. The summed E-state index contributed by atoms with van der Waals surface area (Å²) in [6.07, 6.45) is 0. The Kier molecular flexibility index (Phi) is 3.76. The van der Waals surface area contributed by atoms with Crippen molar-refractivity contribution in [1.82, 2.24) is 10.2 Å². The standard InChI is InChI=1S/C11H9ClF2N2O2/c1-6(12)9-15-16-10(18-9)7-2-4-8(5-3-7)17-11(13)14/h2-6,11H,1H3. The fraction of sp³-hybridized carbons (Fsp3) is 0.273. The zero-order chi connectivity index (χ0) is 13.1. The van der Waals surface area contributed by atoms with Crippen molar-refractivity contribution in [3.8, 4) is 17.2 Å². The maximum atomic E-state index is 12.0. The molecule has 1 atom stereocenters. The highest BCUT2D eigenvalue weighted by Gasteiger charge is 2.13. The number of halogens is 3. The van der Waals surface area contributed by atoms with Crippen molar-refractivity contribution in [2.24, 2.45) is 0 Å². The van der Waals surface area contributed by atoms with Crippen LogP contribution in [0.25, 0.3) is 11.5 Å². The van der Waals surface area contributed by atoms with E-state index in [9.17, 15) is 8.78 Å². The van der Waals surface area contributed by atoms with Crippen molar-refractivity contribution < 1.29 is 17.9 Å². The lowest BCUT2D eigenvalue weighted by Crippen LogP contribution is -2.01. The molecule has 0 radical (unpaired) electrons. The van der Waals surface area contributed by atoms with Gasteiger partial charge in [-0.1, -0.05) is 0 Å². The van der Waals surface area contributed by atoms with Crippen LogP contribution in [-0.4, -0.2) is 16.8 Å². The predicted octanol–water partition coefficient (Wildman–Crippen LogP) is 3.64. The number of hydrogen-bond acceptors (Lipinski definition) is 4. The molecule has 7 heteroatoms. The molecule has 0 fully saturated rings. The second kappa shape index (κ2) is 5.30. The molecule has 2 aromatic rings. The van der Waals surface area contributed by atoms with Gasteiger partial charge in [-0.05, 0) is 31.2 Å².